The summed E-state index contributed by atoms with van der Waals surface area (Å²) < 4.78 is 15.8. The molecule has 1 heterocycles. The fraction of sp³-hybridized carbons (Fsp3) is 0.182. The molecule has 0 saturated heterocycles. The maximum absolute atomic E-state index is 10.2. The van der Waals surface area contributed by atoms with Gasteiger partial charge in [0.05, 0.1) is 19.8 Å². The molecule has 2 rings (SSSR count). The van der Waals surface area contributed by atoms with Gasteiger partial charge in [0, 0.05) is 10.5 Å². The van der Waals surface area contributed by atoms with Crippen molar-refractivity contribution < 1.29 is 19.1 Å². The Balaban J connectivity index is 2.68. The number of nitrogens with zero attached hydrogens (tertiary/aromatic N) is 1. The Morgan fingerprint density at radius 1 is 1.33 bits per heavy atom. The number of hydrogen-bond donors (Lipinski definition) is 2. The summed E-state index contributed by atoms with van der Waals surface area (Å²) in [5, 5.41) is 13.8. The van der Waals surface area contributed by atoms with Crippen LogP contribution in [0.1, 0.15) is 0 Å². The fourth-order valence-electron chi connectivity index (χ4n) is 1.59. The first kappa shape index (κ1) is 12.6. The van der Waals surface area contributed by atoms with Gasteiger partial charge in [-0.1, -0.05) is 5.16 Å². The quantitative estimate of drug-likeness (QED) is 0.904. The van der Waals surface area contributed by atoms with E-state index in [4.69, 9.17) is 19.7 Å². The van der Waals surface area contributed by atoms with Gasteiger partial charge in [-0.25, -0.2) is 0 Å². The topological polar surface area (TPSA) is 90.7 Å². The number of ether oxygens (including phenoxy) is 2. The normalized spacial score (nSPS) is 10.4. The van der Waals surface area contributed by atoms with Crippen molar-refractivity contribution in [2.45, 2.75) is 0 Å². The van der Waals surface area contributed by atoms with E-state index in [-0.39, 0.29) is 17.3 Å². The van der Waals surface area contributed by atoms with Crippen molar-refractivity contribution in [2.75, 3.05) is 20.0 Å². The highest BCUT2D eigenvalue weighted by Crippen LogP contribution is 2.48. The van der Waals surface area contributed by atoms with Crippen molar-refractivity contribution in [3.63, 3.8) is 0 Å². The van der Waals surface area contributed by atoms with Gasteiger partial charge in [0.1, 0.15) is 0 Å². The average molecular weight is 315 g/mol. The zero-order valence-electron chi connectivity index (χ0n) is 9.73. The number of aromatic hydroxyl groups is 1. The van der Waals surface area contributed by atoms with Gasteiger partial charge in [-0.15, -0.1) is 0 Å². The third-order valence-electron chi connectivity index (χ3n) is 2.37. The Hall–Kier alpha value is -1.89. The average Bonchev–Trinajstić information content (AvgIpc) is 2.75. The first-order chi connectivity index (χ1) is 8.58. The molecule has 0 spiro atoms. The van der Waals surface area contributed by atoms with Crippen molar-refractivity contribution in [1.29, 1.82) is 0 Å². The van der Waals surface area contributed by atoms with E-state index in [1.807, 2.05) is 0 Å². The Morgan fingerprint density at radius 2 is 2.06 bits per heavy atom. The van der Waals surface area contributed by atoms with Crippen molar-refractivity contribution in [2.24, 2.45) is 0 Å². The minimum Gasteiger partial charge on any atom is -0.504 e. The summed E-state index contributed by atoms with van der Waals surface area (Å²) in [4.78, 5) is 0. The standard InChI is InChI=1S/C11H11BrN2O4/c1-16-7-3-5(12)9(10(15)11(7)17-2)6-4-8(13)14-18-6/h3-4,15H,1-2H3,(H2,13,14). The molecule has 0 aliphatic carbocycles. The van der Waals surface area contributed by atoms with Gasteiger partial charge >= 0.3 is 0 Å². The smallest absolute Gasteiger partial charge is 0.203 e. The first-order valence-electron chi connectivity index (χ1n) is 4.94. The van der Waals surface area contributed by atoms with Crippen molar-refractivity contribution in [1.82, 2.24) is 5.16 Å². The SMILES string of the molecule is COc1cc(Br)c(-c2cc(N)no2)c(O)c1OC. The number of methoxy groups -OCH3 is 2. The largest absolute Gasteiger partial charge is 0.504 e. The summed E-state index contributed by atoms with van der Waals surface area (Å²) in [5.41, 5.74) is 5.88. The molecule has 2 aromatic rings. The van der Waals surface area contributed by atoms with Gasteiger partial charge < -0.3 is 24.8 Å². The van der Waals surface area contributed by atoms with Gasteiger partial charge in [0.2, 0.25) is 5.75 Å². The van der Waals surface area contributed by atoms with Crippen molar-refractivity contribution >= 4 is 21.7 Å². The highest BCUT2D eigenvalue weighted by molar-refractivity contribution is 9.10. The highest BCUT2D eigenvalue weighted by atomic mass is 79.9. The minimum atomic E-state index is -0.111. The molecule has 0 aliphatic rings. The minimum absolute atomic E-state index is 0.111. The van der Waals surface area contributed by atoms with Crippen LogP contribution in [-0.2, 0) is 0 Å². The predicted octanol–water partition coefficient (Wildman–Crippen LogP) is 2.41. The van der Waals surface area contributed by atoms with Crippen LogP contribution in [0.3, 0.4) is 0 Å². The number of phenols is 1. The summed E-state index contributed by atoms with van der Waals surface area (Å²) in [6.07, 6.45) is 0. The van der Waals surface area contributed by atoms with E-state index in [1.165, 1.54) is 20.3 Å². The van der Waals surface area contributed by atoms with E-state index in [1.54, 1.807) is 6.07 Å². The van der Waals surface area contributed by atoms with E-state index >= 15 is 0 Å². The fourth-order valence-corrected chi connectivity index (χ4v) is 2.18. The molecule has 0 bridgehead atoms. The number of nitrogens with two attached hydrogens (primary N) is 1. The molecule has 7 heteroatoms. The number of nitrogen functional groups attached to an aromatic ring is 1. The third kappa shape index (κ3) is 1.97. The van der Waals surface area contributed by atoms with E-state index in [9.17, 15) is 5.11 Å². The number of hydrogen-bond acceptors (Lipinski definition) is 6. The number of halogens is 1. The van der Waals surface area contributed by atoms with Crippen LogP contribution in [0.15, 0.2) is 21.1 Å². The molecule has 18 heavy (non-hydrogen) atoms. The summed E-state index contributed by atoms with van der Waals surface area (Å²) in [6.45, 7) is 0. The molecule has 0 atom stereocenters. The van der Waals surface area contributed by atoms with Gasteiger partial charge in [-0.3, -0.25) is 0 Å². The van der Waals surface area contributed by atoms with Crippen molar-refractivity contribution in [3.8, 4) is 28.6 Å². The lowest BCUT2D eigenvalue weighted by atomic mass is 10.1. The monoisotopic (exact) mass is 314 g/mol. The second kappa shape index (κ2) is 4.77. The summed E-state index contributed by atoms with van der Waals surface area (Å²) in [5.74, 6) is 1.06. The van der Waals surface area contributed by atoms with E-state index in [2.05, 4.69) is 21.1 Å². The van der Waals surface area contributed by atoms with E-state index < -0.39 is 0 Å². The highest BCUT2D eigenvalue weighted by Gasteiger charge is 2.22. The number of rotatable bonds is 3. The van der Waals surface area contributed by atoms with Gasteiger partial charge in [0.25, 0.3) is 0 Å². The molecule has 96 valence electrons. The van der Waals surface area contributed by atoms with Gasteiger partial charge in [-0.2, -0.15) is 0 Å². The number of benzene rings is 1. The van der Waals surface area contributed by atoms with Crippen LogP contribution in [0.4, 0.5) is 5.82 Å². The van der Waals surface area contributed by atoms with Gasteiger partial charge in [0.15, 0.2) is 23.1 Å². The molecular formula is C11H11BrN2O4. The zero-order chi connectivity index (χ0) is 13.3. The number of phenolic OH excluding ortho intramolecular Hbond substituents is 1. The Kier molecular flexibility index (Phi) is 3.33. The van der Waals surface area contributed by atoms with Crippen LogP contribution in [-0.4, -0.2) is 24.5 Å². The summed E-state index contributed by atoms with van der Waals surface area (Å²) in [7, 11) is 2.92. The van der Waals surface area contributed by atoms with Crippen LogP contribution in [0.25, 0.3) is 11.3 Å². The lowest BCUT2D eigenvalue weighted by molar-refractivity contribution is 0.332. The van der Waals surface area contributed by atoms with E-state index in [0.29, 0.717) is 21.5 Å². The van der Waals surface area contributed by atoms with E-state index in [0.717, 1.165) is 0 Å². The zero-order valence-corrected chi connectivity index (χ0v) is 11.3. The maximum Gasteiger partial charge on any atom is 0.203 e. The van der Waals surface area contributed by atoms with Crippen LogP contribution < -0.4 is 15.2 Å². The lowest BCUT2D eigenvalue weighted by Gasteiger charge is -2.13. The first-order valence-corrected chi connectivity index (χ1v) is 5.73. The lowest BCUT2D eigenvalue weighted by Crippen LogP contribution is -1.93. The van der Waals surface area contributed by atoms with Crippen LogP contribution in [0.5, 0.6) is 17.2 Å². The maximum atomic E-state index is 10.2. The number of aromatic nitrogens is 1. The Labute approximate surface area is 111 Å². The number of anilines is 1. The summed E-state index contributed by atoms with van der Waals surface area (Å²) >= 11 is 3.32. The molecule has 0 saturated carbocycles. The summed E-state index contributed by atoms with van der Waals surface area (Å²) in [6, 6.07) is 3.17. The molecule has 1 aromatic heterocycles. The molecule has 1 aromatic carbocycles. The molecule has 6 nitrogen and oxygen atoms in total. The molecule has 3 N–H and O–H groups in total. The third-order valence-corrected chi connectivity index (χ3v) is 3.00. The van der Waals surface area contributed by atoms with Crippen LogP contribution >= 0.6 is 15.9 Å². The molecule has 0 fully saturated rings. The van der Waals surface area contributed by atoms with Crippen LogP contribution in [0, 0.1) is 0 Å². The molecule has 0 aliphatic heterocycles. The second-order valence-electron chi connectivity index (χ2n) is 3.43. The predicted molar refractivity (Wildman–Crippen MR) is 68.8 cm³/mol. The van der Waals surface area contributed by atoms with Crippen molar-refractivity contribution in [3.05, 3.63) is 16.6 Å². The Bertz CT molecular complexity index is 583. The molecule has 0 radical (unpaired) electrons. The molecule has 0 amide bonds. The molecule has 0 unspecified atom stereocenters. The molecular weight excluding hydrogens is 304 g/mol. The van der Waals surface area contributed by atoms with Gasteiger partial charge in [-0.05, 0) is 22.0 Å². The Morgan fingerprint density at radius 3 is 2.56 bits per heavy atom. The second-order valence-corrected chi connectivity index (χ2v) is 4.29. The van der Waals surface area contributed by atoms with Crippen LogP contribution in [0.2, 0.25) is 0 Å².